The Kier molecular flexibility index (Phi) is 2.57. The van der Waals surface area contributed by atoms with Crippen LogP contribution in [-0.2, 0) is 0 Å². The maximum Gasteiger partial charge on any atom is 0.127 e. The lowest BCUT2D eigenvalue weighted by Crippen LogP contribution is -1.85. The van der Waals surface area contributed by atoms with Gasteiger partial charge >= 0.3 is 0 Å². The Morgan fingerprint density at radius 2 is 2.18 bits per heavy atom. The Balaban J connectivity index is 2.19. The first-order chi connectivity index (χ1) is 8.28. The molecule has 86 valence electrons. The van der Waals surface area contributed by atoms with Crippen LogP contribution < -0.4 is 5.32 Å². The van der Waals surface area contributed by atoms with Gasteiger partial charge < -0.3 is 5.32 Å². The Morgan fingerprint density at radius 3 is 2.94 bits per heavy atom. The molecule has 0 aliphatic heterocycles. The predicted molar refractivity (Wildman–Crippen MR) is 75.0 cm³/mol. The number of thiophene rings is 1. The number of rotatable bonds is 2. The second-order valence-corrected chi connectivity index (χ2v) is 6.00. The standard InChI is InChI=1S/C12H11N3S2/c1-7-5-8(11(13-2)16-7)12-15-9-6-14-4-3-10(9)17-12/h3-6,13H,1-2H3. The number of nitrogens with one attached hydrogen (secondary N) is 1. The molecule has 0 aromatic carbocycles. The van der Waals surface area contributed by atoms with Crippen LogP contribution in [0.15, 0.2) is 24.5 Å². The minimum Gasteiger partial charge on any atom is -0.379 e. The average molecular weight is 261 g/mol. The van der Waals surface area contributed by atoms with Gasteiger partial charge in [-0.15, -0.1) is 22.7 Å². The van der Waals surface area contributed by atoms with Crippen molar-refractivity contribution in [2.45, 2.75) is 6.92 Å². The third-order valence-corrected chi connectivity index (χ3v) is 4.64. The van der Waals surface area contributed by atoms with Crippen LogP contribution in [0.4, 0.5) is 5.00 Å². The van der Waals surface area contributed by atoms with Crippen molar-refractivity contribution in [3.63, 3.8) is 0 Å². The molecule has 3 heterocycles. The summed E-state index contributed by atoms with van der Waals surface area (Å²) in [6.07, 6.45) is 3.62. The lowest BCUT2D eigenvalue weighted by molar-refractivity contribution is 1.34. The first-order valence-electron chi connectivity index (χ1n) is 5.27. The number of hydrogen-bond acceptors (Lipinski definition) is 5. The normalized spacial score (nSPS) is 10.9. The van der Waals surface area contributed by atoms with Crippen LogP contribution in [0.1, 0.15) is 4.88 Å². The van der Waals surface area contributed by atoms with Crippen molar-refractivity contribution in [2.24, 2.45) is 0 Å². The fraction of sp³-hybridized carbons (Fsp3) is 0.167. The number of pyridine rings is 1. The van der Waals surface area contributed by atoms with Crippen LogP contribution in [-0.4, -0.2) is 17.0 Å². The predicted octanol–water partition coefficient (Wildman–Crippen LogP) is 3.77. The van der Waals surface area contributed by atoms with E-state index in [2.05, 4.69) is 28.3 Å². The zero-order valence-corrected chi connectivity index (χ0v) is 11.2. The molecule has 1 N–H and O–H groups in total. The quantitative estimate of drug-likeness (QED) is 0.763. The summed E-state index contributed by atoms with van der Waals surface area (Å²) in [5.41, 5.74) is 2.16. The number of hydrogen-bond donors (Lipinski definition) is 1. The fourth-order valence-electron chi connectivity index (χ4n) is 1.75. The number of thiazole rings is 1. The lowest BCUT2D eigenvalue weighted by Gasteiger charge is -1.97. The highest BCUT2D eigenvalue weighted by molar-refractivity contribution is 7.22. The smallest absolute Gasteiger partial charge is 0.127 e. The largest absolute Gasteiger partial charge is 0.379 e. The van der Waals surface area contributed by atoms with Gasteiger partial charge in [0, 0.05) is 23.7 Å². The van der Waals surface area contributed by atoms with E-state index in [9.17, 15) is 0 Å². The van der Waals surface area contributed by atoms with Crippen molar-refractivity contribution in [2.75, 3.05) is 12.4 Å². The molecule has 0 saturated heterocycles. The van der Waals surface area contributed by atoms with Gasteiger partial charge in [-0.25, -0.2) is 4.98 Å². The highest BCUT2D eigenvalue weighted by Crippen LogP contribution is 2.39. The van der Waals surface area contributed by atoms with E-state index in [1.54, 1.807) is 22.7 Å². The highest BCUT2D eigenvalue weighted by Gasteiger charge is 2.12. The molecule has 0 bridgehead atoms. The van der Waals surface area contributed by atoms with Crippen molar-refractivity contribution in [3.8, 4) is 10.6 Å². The minimum atomic E-state index is 0.971. The molecule has 3 nitrogen and oxygen atoms in total. The second-order valence-electron chi connectivity index (χ2n) is 3.71. The maximum absolute atomic E-state index is 4.63. The van der Waals surface area contributed by atoms with Crippen LogP contribution in [0.2, 0.25) is 0 Å². The summed E-state index contributed by atoms with van der Waals surface area (Å²) in [7, 11) is 1.95. The number of aryl methyl sites for hydroxylation is 1. The Morgan fingerprint density at radius 1 is 1.29 bits per heavy atom. The summed E-state index contributed by atoms with van der Waals surface area (Å²) < 4.78 is 1.18. The molecule has 0 aliphatic carbocycles. The lowest BCUT2D eigenvalue weighted by atomic mass is 10.3. The summed E-state index contributed by atoms with van der Waals surface area (Å²) in [6, 6.07) is 4.19. The number of fused-ring (bicyclic) bond motifs is 1. The van der Waals surface area contributed by atoms with E-state index in [1.165, 1.54) is 20.1 Å². The van der Waals surface area contributed by atoms with Crippen molar-refractivity contribution in [3.05, 3.63) is 29.4 Å². The summed E-state index contributed by atoms with van der Waals surface area (Å²) in [5.74, 6) is 0. The van der Waals surface area contributed by atoms with E-state index in [0.29, 0.717) is 0 Å². The third kappa shape index (κ3) is 1.81. The molecule has 17 heavy (non-hydrogen) atoms. The molecular weight excluding hydrogens is 250 g/mol. The first-order valence-corrected chi connectivity index (χ1v) is 6.90. The van der Waals surface area contributed by atoms with Gasteiger partial charge in [0.25, 0.3) is 0 Å². The molecule has 0 saturated carbocycles. The Hall–Kier alpha value is -1.46. The van der Waals surface area contributed by atoms with E-state index in [0.717, 1.165) is 10.5 Å². The SMILES string of the molecule is CNc1sc(C)cc1-c1nc2cnccc2s1. The molecule has 0 spiro atoms. The molecule has 3 aromatic rings. The molecule has 0 fully saturated rings. The minimum absolute atomic E-state index is 0.971. The fourth-order valence-corrected chi connectivity index (χ4v) is 3.64. The van der Waals surface area contributed by atoms with Gasteiger partial charge in [0.2, 0.25) is 0 Å². The van der Waals surface area contributed by atoms with Gasteiger partial charge in [0.1, 0.15) is 10.5 Å². The van der Waals surface area contributed by atoms with Gasteiger partial charge in [0.05, 0.1) is 15.9 Å². The van der Waals surface area contributed by atoms with Crippen LogP contribution in [0.5, 0.6) is 0 Å². The molecule has 3 rings (SSSR count). The Bertz CT molecular complexity index is 636. The van der Waals surface area contributed by atoms with Crippen LogP contribution in [0.25, 0.3) is 20.8 Å². The van der Waals surface area contributed by atoms with Crippen molar-refractivity contribution >= 4 is 37.9 Å². The number of anilines is 1. The van der Waals surface area contributed by atoms with Gasteiger partial charge in [-0.3, -0.25) is 4.98 Å². The Labute approximate surface area is 107 Å². The zero-order valence-electron chi connectivity index (χ0n) is 9.52. The topological polar surface area (TPSA) is 37.8 Å². The molecule has 5 heteroatoms. The molecule has 0 amide bonds. The molecule has 0 unspecified atom stereocenters. The molecule has 0 atom stereocenters. The van der Waals surface area contributed by atoms with E-state index in [1.807, 2.05) is 25.5 Å². The van der Waals surface area contributed by atoms with Gasteiger partial charge in [-0.05, 0) is 19.1 Å². The highest BCUT2D eigenvalue weighted by atomic mass is 32.1. The molecular formula is C12H11N3S2. The summed E-state index contributed by atoms with van der Waals surface area (Å²) >= 11 is 3.47. The van der Waals surface area contributed by atoms with Crippen molar-refractivity contribution in [1.29, 1.82) is 0 Å². The number of nitrogens with zero attached hydrogens (tertiary/aromatic N) is 2. The van der Waals surface area contributed by atoms with Crippen LogP contribution in [0, 0.1) is 6.92 Å². The van der Waals surface area contributed by atoms with Crippen molar-refractivity contribution < 1.29 is 0 Å². The summed E-state index contributed by atoms with van der Waals surface area (Å²) in [5, 5.41) is 5.46. The van der Waals surface area contributed by atoms with Crippen molar-refractivity contribution in [1.82, 2.24) is 9.97 Å². The monoisotopic (exact) mass is 261 g/mol. The second kappa shape index (κ2) is 4.09. The summed E-state index contributed by atoms with van der Waals surface area (Å²) in [4.78, 5) is 10.0. The van der Waals surface area contributed by atoms with Gasteiger partial charge in [-0.1, -0.05) is 0 Å². The average Bonchev–Trinajstić information content (AvgIpc) is 2.91. The molecule has 0 aliphatic rings. The van der Waals surface area contributed by atoms with E-state index < -0.39 is 0 Å². The molecule has 3 aromatic heterocycles. The first kappa shape index (κ1) is 10.7. The van der Waals surface area contributed by atoms with E-state index in [4.69, 9.17) is 0 Å². The maximum atomic E-state index is 4.63. The zero-order chi connectivity index (χ0) is 11.8. The van der Waals surface area contributed by atoms with E-state index in [-0.39, 0.29) is 0 Å². The summed E-state index contributed by atoms with van der Waals surface area (Å²) in [6.45, 7) is 2.11. The van der Waals surface area contributed by atoms with Crippen LogP contribution in [0.3, 0.4) is 0 Å². The van der Waals surface area contributed by atoms with Gasteiger partial charge in [-0.2, -0.15) is 0 Å². The molecule has 0 radical (unpaired) electrons. The number of aromatic nitrogens is 2. The van der Waals surface area contributed by atoms with Crippen LogP contribution >= 0.6 is 22.7 Å². The van der Waals surface area contributed by atoms with E-state index >= 15 is 0 Å². The third-order valence-electron chi connectivity index (χ3n) is 2.50. The van der Waals surface area contributed by atoms with Gasteiger partial charge in [0.15, 0.2) is 0 Å².